The highest BCUT2D eigenvalue weighted by Crippen LogP contribution is 2.25. The van der Waals surface area contributed by atoms with Crippen LogP contribution in [0.4, 0.5) is 4.79 Å². The summed E-state index contributed by atoms with van der Waals surface area (Å²) in [5, 5.41) is 21.9. The van der Waals surface area contributed by atoms with E-state index in [1.54, 1.807) is 24.3 Å². The lowest BCUT2D eigenvalue weighted by Gasteiger charge is -2.28. The van der Waals surface area contributed by atoms with E-state index in [1.807, 2.05) is 25.1 Å². The second kappa shape index (κ2) is 13.9. The van der Waals surface area contributed by atoms with Gasteiger partial charge >= 0.3 is 12.1 Å². The van der Waals surface area contributed by atoms with E-state index in [4.69, 9.17) is 26.4 Å². The summed E-state index contributed by atoms with van der Waals surface area (Å²) in [7, 11) is 1.53. The van der Waals surface area contributed by atoms with Crippen molar-refractivity contribution in [3.8, 4) is 11.5 Å². The molecule has 3 N–H and O–H groups in total. The molecule has 1 fully saturated rings. The van der Waals surface area contributed by atoms with Gasteiger partial charge in [-0.15, -0.1) is 0 Å². The van der Waals surface area contributed by atoms with Crippen molar-refractivity contribution < 1.29 is 38.8 Å². The minimum Gasteiger partial charge on any atom is -0.508 e. The molecule has 1 aliphatic heterocycles. The molecule has 11 heteroatoms. The molecule has 0 bridgehead atoms. The summed E-state index contributed by atoms with van der Waals surface area (Å²) in [4.78, 5) is 39.6. The van der Waals surface area contributed by atoms with Crippen LogP contribution in [0.5, 0.6) is 11.5 Å². The maximum absolute atomic E-state index is 13.2. The Kier molecular flexibility index (Phi) is 10.1. The first-order valence-corrected chi connectivity index (χ1v) is 13.7. The van der Waals surface area contributed by atoms with Crippen LogP contribution in [0.25, 0.3) is 0 Å². The lowest BCUT2D eigenvalue weighted by atomic mass is 10.0. The van der Waals surface area contributed by atoms with Gasteiger partial charge in [0.2, 0.25) is 0 Å². The van der Waals surface area contributed by atoms with Crippen LogP contribution in [0.15, 0.2) is 66.7 Å². The number of phenolic OH excluding ortho intramolecular Hbond substituents is 1. The second-order valence-corrected chi connectivity index (χ2v) is 10.3. The molecule has 0 unspecified atom stereocenters. The van der Waals surface area contributed by atoms with Gasteiger partial charge in [0.15, 0.2) is 6.79 Å². The Hall–Kier alpha value is -4.48. The zero-order valence-corrected chi connectivity index (χ0v) is 24.1. The van der Waals surface area contributed by atoms with E-state index in [0.717, 1.165) is 11.1 Å². The van der Waals surface area contributed by atoms with Crippen molar-refractivity contribution in [3.63, 3.8) is 0 Å². The fourth-order valence-electron chi connectivity index (χ4n) is 4.64. The number of esters is 1. The van der Waals surface area contributed by atoms with Gasteiger partial charge in [0.25, 0.3) is 5.91 Å². The van der Waals surface area contributed by atoms with Gasteiger partial charge in [0.05, 0.1) is 16.5 Å². The number of rotatable bonds is 9. The fourth-order valence-corrected chi connectivity index (χ4v) is 4.93. The number of nitrogens with one attached hydrogen (secondary N) is 1. The van der Waals surface area contributed by atoms with Crippen molar-refractivity contribution in [2.75, 3.05) is 27.0 Å². The van der Waals surface area contributed by atoms with Crippen LogP contribution in [-0.2, 0) is 9.47 Å². The average Bonchev–Trinajstić information content (AvgIpc) is 3.18. The number of hydrogen-bond donors (Lipinski definition) is 3. The topological polar surface area (TPSA) is 135 Å². The maximum atomic E-state index is 13.2. The van der Waals surface area contributed by atoms with Gasteiger partial charge in [0, 0.05) is 31.3 Å². The molecule has 0 aliphatic carbocycles. The molecule has 3 aromatic carbocycles. The van der Waals surface area contributed by atoms with Gasteiger partial charge in [-0.3, -0.25) is 4.79 Å². The molecule has 42 heavy (non-hydrogen) atoms. The van der Waals surface area contributed by atoms with Crippen LogP contribution < -0.4 is 10.1 Å². The number of nitrogens with zero attached hydrogens (tertiary/aromatic N) is 1. The molecule has 3 aromatic rings. The summed E-state index contributed by atoms with van der Waals surface area (Å²) in [6.45, 7) is 2.23. The van der Waals surface area contributed by atoms with Gasteiger partial charge in [-0.25, -0.2) is 9.59 Å². The monoisotopic (exact) mass is 592 g/mol. The minimum atomic E-state index is -1.12. The summed E-state index contributed by atoms with van der Waals surface area (Å²) in [5.41, 5.74) is 3.00. The molecular formula is C31H32N2O8S. The van der Waals surface area contributed by atoms with E-state index in [-0.39, 0.29) is 36.8 Å². The summed E-state index contributed by atoms with van der Waals surface area (Å²) >= 11 is 5.73. The SMILES string of the molecule is COCOc1ccc(C)cc1C(=S)c1ccc(C(=O)O[C@@H]2CCCN(C(=O)O)C[C@H]2NC(=O)c2ccc(O)cc2)cc1. The highest BCUT2D eigenvalue weighted by molar-refractivity contribution is 7.81. The quantitative estimate of drug-likeness (QED) is 0.142. The molecule has 10 nitrogen and oxygen atoms in total. The number of amides is 2. The number of benzene rings is 3. The van der Waals surface area contributed by atoms with Crippen molar-refractivity contribution in [2.24, 2.45) is 0 Å². The smallest absolute Gasteiger partial charge is 0.407 e. The van der Waals surface area contributed by atoms with E-state index in [9.17, 15) is 24.6 Å². The Labute approximate surface area is 248 Å². The van der Waals surface area contributed by atoms with Crippen molar-refractivity contribution >= 4 is 35.1 Å². The lowest BCUT2D eigenvalue weighted by molar-refractivity contribution is 0.0179. The van der Waals surface area contributed by atoms with Gasteiger partial charge < -0.3 is 34.6 Å². The van der Waals surface area contributed by atoms with E-state index in [0.29, 0.717) is 29.0 Å². The van der Waals surface area contributed by atoms with E-state index in [2.05, 4.69) is 5.32 Å². The van der Waals surface area contributed by atoms with Crippen LogP contribution in [0, 0.1) is 6.92 Å². The lowest BCUT2D eigenvalue weighted by Crippen LogP contribution is -2.51. The molecule has 1 heterocycles. The predicted octanol–water partition coefficient (Wildman–Crippen LogP) is 4.55. The molecule has 4 rings (SSSR count). The molecule has 1 saturated heterocycles. The molecule has 0 saturated carbocycles. The second-order valence-electron chi connectivity index (χ2n) is 9.90. The zero-order valence-electron chi connectivity index (χ0n) is 23.2. The first-order valence-electron chi connectivity index (χ1n) is 13.3. The number of ether oxygens (including phenoxy) is 3. The van der Waals surface area contributed by atoms with E-state index < -0.39 is 30.1 Å². The summed E-state index contributed by atoms with van der Waals surface area (Å²) in [6, 6.07) is 17.2. The Morgan fingerprint density at radius 2 is 1.67 bits per heavy atom. The largest absolute Gasteiger partial charge is 0.508 e. The number of hydrogen-bond acceptors (Lipinski definition) is 8. The number of likely N-dealkylation sites (tertiary alicyclic amines) is 1. The summed E-state index contributed by atoms with van der Waals surface area (Å²) in [5.74, 6) is -0.489. The Balaban J connectivity index is 1.49. The highest BCUT2D eigenvalue weighted by atomic mass is 32.1. The number of phenols is 1. The first kappa shape index (κ1) is 30.5. The normalized spacial score (nSPS) is 16.7. The van der Waals surface area contributed by atoms with Crippen LogP contribution in [0.3, 0.4) is 0 Å². The predicted molar refractivity (Wildman–Crippen MR) is 158 cm³/mol. The molecule has 0 aromatic heterocycles. The Morgan fingerprint density at radius 3 is 2.33 bits per heavy atom. The van der Waals surface area contributed by atoms with Gasteiger partial charge in [-0.1, -0.05) is 36.0 Å². The molecule has 220 valence electrons. The molecular weight excluding hydrogens is 560 g/mol. The molecule has 0 spiro atoms. The third-order valence-corrected chi connectivity index (χ3v) is 7.31. The fraction of sp³-hybridized carbons (Fsp3) is 0.290. The number of aromatic hydroxyl groups is 1. The number of methoxy groups -OCH3 is 1. The van der Waals surface area contributed by atoms with Crippen LogP contribution in [0.2, 0.25) is 0 Å². The minimum absolute atomic E-state index is 0.00963. The number of carbonyl (C=O) groups excluding carboxylic acids is 2. The van der Waals surface area contributed by atoms with Crippen molar-refractivity contribution in [2.45, 2.75) is 31.9 Å². The average molecular weight is 593 g/mol. The standard InChI is InChI=1S/C31H32N2O8S/c1-19-5-14-26(40-18-39-2)24(16-19)28(42)20-6-8-22(9-7-20)30(36)41-27-4-3-15-33(31(37)38)17-25(27)32-29(35)21-10-12-23(34)13-11-21/h5-14,16,25,27,34H,3-4,15,17-18H2,1-2H3,(H,32,35)(H,37,38)/t25-,27-/m1/s1. The molecule has 2 amide bonds. The van der Waals surface area contributed by atoms with Crippen LogP contribution in [0.1, 0.15) is 50.2 Å². The third-order valence-electron chi connectivity index (χ3n) is 6.85. The van der Waals surface area contributed by atoms with Crippen molar-refractivity contribution in [1.29, 1.82) is 0 Å². The molecule has 1 aliphatic rings. The van der Waals surface area contributed by atoms with E-state index in [1.165, 1.54) is 36.3 Å². The van der Waals surface area contributed by atoms with Crippen molar-refractivity contribution in [1.82, 2.24) is 10.2 Å². The van der Waals surface area contributed by atoms with E-state index >= 15 is 0 Å². The van der Waals surface area contributed by atoms with Crippen LogP contribution in [-0.4, -0.2) is 77.1 Å². The number of carbonyl (C=O) groups is 3. The third kappa shape index (κ3) is 7.62. The maximum Gasteiger partial charge on any atom is 0.407 e. The zero-order chi connectivity index (χ0) is 30.2. The summed E-state index contributed by atoms with van der Waals surface area (Å²) in [6.07, 6.45) is -1.08. The van der Waals surface area contributed by atoms with Gasteiger partial charge in [-0.05, 0) is 73.9 Å². The van der Waals surface area contributed by atoms with Gasteiger partial charge in [-0.2, -0.15) is 0 Å². The number of carboxylic acid groups (broad SMARTS) is 1. The number of aryl methyl sites for hydroxylation is 1. The first-order chi connectivity index (χ1) is 20.2. The number of thiocarbonyl (C=S) groups is 1. The Morgan fingerprint density at radius 1 is 1.00 bits per heavy atom. The summed E-state index contributed by atoms with van der Waals surface area (Å²) < 4.78 is 16.5. The Bertz CT molecular complexity index is 1440. The van der Waals surface area contributed by atoms with Crippen molar-refractivity contribution in [3.05, 3.63) is 94.5 Å². The van der Waals surface area contributed by atoms with Crippen LogP contribution >= 0.6 is 12.2 Å². The molecule has 0 radical (unpaired) electrons. The van der Waals surface area contributed by atoms with Gasteiger partial charge in [0.1, 0.15) is 17.6 Å². The molecule has 2 atom stereocenters. The highest BCUT2D eigenvalue weighted by Gasteiger charge is 2.33.